The molecule has 1 aliphatic rings. The van der Waals surface area contributed by atoms with Gasteiger partial charge in [0.2, 0.25) is 0 Å². The molecule has 0 saturated carbocycles. The predicted octanol–water partition coefficient (Wildman–Crippen LogP) is 3.66. The van der Waals surface area contributed by atoms with Gasteiger partial charge in [-0.15, -0.1) is 0 Å². The Hall–Kier alpha value is -2.71. The Bertz CT molecular complexity index is 1590. The number of piperidine rings is 1. The lowest BCUT2D eigenvalue weighted by atomic mass is 9.96. The van der Waals surface area contributed by atoms with E-state index < -0.39 is 56.1 Å². The first kappa shape index (κ1) is 31.8. The van der Waals surface area contributed by atoms with Crippen LogP contribution in [0.25, 0.3) is 10.9 Å². The lowest BCUT2D eigenvalue weighted by Gasteiger charge is -2.31. The summed E-state index contributed by atoms with van der Waals surface area (Å²) in [7, 11) is -1.45. The number of nitrogens with one attached hydrogen (secondary N) is 1. The van der Waals surface area contributed by atoms with Gasteiger partial charge in [-0.1, -0.05) is 30.1 Å². The van der Waals surface area contributed by atoms with Crippen molar-refractivity contribution in [2.75, 3.05) is 18.8 Å². The molecule has 3 aromatic rings. The van der Waals surface area contributed by atoms with Crippen LogP contribution in [-0.4, -0.2) is 54.1 Å². The van der Waals surface area contributed by atoms with E-state index in [0.717, 1.165) is 0 Å². The second-order valence-electron chi connectivity index (χ2n) is 9.26. The van der Waals surface area contributed by atoms with Gasteiger partial charge < -0.3 is 15.6 Å². The van der Waals surface area contributed by atoms with E-state index in [9.17, 15) is 36.9 Å². The molecule has 15 heteroatoms. The molecule has 1 saturated heterocycles. The Morgan fingerprint density at radius 1 is 1.20 bits per heavy atom. The molecule has 1 fully saturated rings. The van der Waals surface area contributed by atoms with Crippen molar-refractivity contribution < 1.29 is 32.8 Å². The highest BCUT2D eigenvalue weighted by Crippen LogP contribution is 2.39. The van der Waals surface area contributed by atoms with E-state index in [-0.39, 0.29) is 47.0 Å². The van der Waals surface area contributed by atoms with Gasteiger partial charge in [0, 0.05) is 28.8 Å². The minimum atomic E-state index is -4.89. The summed E-state index contributed by atoms with van der Waals surface area (Å²) in [5.74, 6) is -1.50. The molecule has 0 spiro atoms. The topological polar surface area (TPSA) is 144 Å². The van der Waals surface area contributed by atoms with Gasteiger partial charge in [-0.3, -0.25) is 23.3 Å². The van der Waals surface area contributed by atoms with Crippen LogP contribution in [0.3, 0.4) is 0 Å². The number of aromatic amines is 1. The quantitative estimate of drug-likeness (QED) is 0.411. The SMILES string of the molecule is CCS(=O)c1ccc(Cl)cc1Cn1c(=O)[nH]c2c(Cl)c(CN3CCC[C@@H](C(=O)O)C3)c(C(F)(F)F)cc2c1=O.O. The van der Waals surface area contributed by atoms with Crippen molar-refractivity contribution in [1.82, 2.24) is 14.5 Å². The lowest BCUT2D eigenvalue weighted by molar-refractivity contribution is -0.144. The average Bonchev–Trinajstić information content (AvgIpc) is 2.87. The molecule has 0 radical (unpaired) electrons. The highest BCUT2D eigenvalue weighted by Gasteiger charge is 2.37. The Kier molecular flexibility index (Phi) is 9.89. The van der Waals surface area contributed by atoms with E-state index in [0.29, 0.717) is 40.5 Å². The molecule has 1 aromatic heterocycles. The maximum atomic E-state index is 14.2. The van der Waals surface area contributed by atoms with Gasteiger partial charge in [0.15, 0.2) is 0 Å². The summed E-state index contributed by atoms with van der Waals surface area (Å²) >= 11 is 12.5. The molecule has 4 N–H and O–H groups in total. The number of hydrogen-bond acceptors (Lipinski definition) is 5. The van der Waals surface area contributed by atoms with Crippen molar-refractivity contribution in [3.8, 4) is 0 Å². The summed E-state index contributed by atoms with van der Waals surface area (Å²) in [5.41, 5.74) is -3.37. The fourth-order valence-electron chi connectivity index (χ4n) is 4.79. The third kappa shape index (κ3) is 6.44. The number of benzene rings is 2. The third-order valence-electron chi connectivity index (χ3n) is 6.72. The van der Waals surface area contributed by atoms with Crippen molar-refractivity contribution in [2.45, 2.75) is 43.9 Å². The maximum Gasteiger partial charge on any atom is 0.416 e. The second kappa shape index (κ2) is 12.4. The lowest BCUT2D eigenvalue weighted by Crippen LogP contribution is -2.39. The second-order valence-corrected chi connectivity index (χ2v) is 11.8. The smallest absolute Gasteiger partial charge is 0.416 e. The van der Waals surface area contributed by atoms with Crippen LogP contribution < -0.4 is 11.2 Å². The van der Waals surface area contributed by atoms with Gasteiger partial charge in [0.1, 0.15) is 0 Å². The van der Waals surface area contributed by atoms with Crippen molar-refractivity contribution in [3.63, 3.8) is 0 Å². The molecule has 2 atom stereocenters. The fourth-order valence-corrected chi connectivity index (χ4v) is 6.24. The van der Waals surface area contributed by atoms with Crippen LogP contribution in [0, 0.1) is 5.92 Å². The standard InChI is InChI=1S/C25H24Cl2F3N3O5S.H2O/c1-2-39(38)19-6-5-15(26)8-14(19)11-33-22(34)16-9-18(25(28,29)30)17(20(27)21(16)31-24(33)37)12-32-7-3-4-13(10-32)23(35)36;/h5-6,8-9,13H,2-4,7,10-12H2,1H3,(H,31,37)(H,35,36);1H2/t13-,39?;/m1./s1. The van der Waals surface area contributed by atoms with Crippen molar-refractivity contribution >= 4 is 50.9 Å². The molecule has 9 nitrogen and oxygen atoms in total. The van der Waals surface area contributed by atoms with Crippen LogP contribution >= 0.6 is 23.2 Å². The number of halogens is 5. The Morgan fingerprint density at radius 3 is 2.52 bits per heavy atom. The minimum absolute atomic E-state index is 0. The molecule has 0 amide bonds. The monoisotopic (exact) mass is 623 g/mol. The Morgan fingerprint density at radius 2 is 1.90 bits per heavy atom. The van der Waals surface area contributed by atoms with Crippen LogP contribution in [0.1, 0.15) is 36.5 Å². The molecule has 4 rings (SSSR count). The molecule has 1 aliphatic heterocycles. The number of rotatable bonds is 7. The molecule has 2 aromatic carbocycles. The van der Waals surface area contributed by atoms with Gasteiger partial charge in [0.25, 0.3) is 5.56 Å². The first-order chi connectivity index (χ1) is 18.3. The first-order valence-corrected chi connectivity index (χ1v) is 14.1. The van der Waals surface area contributed by atoms with Gasteiger partial charge in [-0.2, -0.15) is 13.2 Å². The number of likely N-dealkylation sites (tertiary alicyclic amines) is 1. The van der Waals surface area contributed by atoms with E-state index in [1.165, 1.54) is 18.2 Å². The largest absolute Gasteiger partial charge is 0.481 e. The van der Waals surface area contributed by atoms with E-state index >= 15 is 0 Å². The summed E-state index contributed by atoms with van der Waals surface area (Å²) < 4.78 is 55.8. The summed E-state index contributed by atoms with van der Waals surface area (Å²) in [6.45, 7) is 1.41. The number of carbonyl (C=O) groups is 1. The number of aromatic nitrogens is 2. The number of fused-ring (bicyclic) bond motifs is 1. The van der Waals surface area contributed by atoms with Gasteiger partial charge in [-0.25, -0.2) is 4.79 Å². The number of hydrogen-bond donors (Lipinski definition) is 2. The minimum Gasteiger partial charge on any atom is -0.481 e. The maximum absolute atomic E-state index is 14.2. The van der Waals surface area contributed by atoms with Crippen molar-refractivity contribution in [2.24, 2.45) is 5.92 Å². The zero-order valence-corrected chi connectivity index (χ0v) is 23.4. The van der Waals surface area contributed by atoms with Crippen LogP contribution in [-0.2, 0) is 34.9 Å². The summed E-state index contributed by atoms with van der Waals surface area (Å²) in [6, 6.07) is 5.13. The highest BCUT2D eigenvalue weighted by atomic mass is 35.5. The number of carboxylic acid groups (broad SMARTS) is 1. The molecular formula is C25H26Cl2F3N3O6S. The molecule has 218 valence electrons. The number of alkyl halides is 3. The highest BCUT2D eigenvalue weighted by molar-refractivity contribution is 7.85. The molecule has 1 unspecified atom stereocenters. The van der Waals surface area contributed by atoms with Gasteiger partial charge in [-0.05, 0) is 54.8 Å². The fraction of sp³-hybridized carbons (Fsp3) is 0.400. The average molecular weight is 624 g/mol. The number of aliphatic carboxylic acids is 1. The van der Waals surface area contributed by atoms with Crippen molar-refractivity contribution in [3.05, 3.63) is 71.8 Å². The molecule has 2 heterocycles. The Labute approximate surface area is 238 Å². The van der Waals surface area contributed by atoms with Crippen molar-refractivity contribution in [1.29, 1.82) is 0 Å². The summed E-state index contributed by atoms with van der Waals surface area (Å²) in [4.78, 5) is 42.1. The molecule has 40 heavy (non-hydrogen) atoms. The normalized spacial score (nSPS) is 17.0. The van der Waals surface area contributed by atoms with E-state index in [1.807, 2.05) is 0 Å². The van der Waals surface area contributed by atoms with Crippen LogP contribution in [0.2, 0.25) is 10.0 Å². The van der Waals surface area contributed by atoms with Crippen LogP contribution in [0.5, 0.6) is 0 Å². The van der Waals surface area contributed by atoms with E-state index in [4.69, 9.17) is 23.2 Å². The molecule has 0 bridgehead atoms. The molecular weight excluding hydrogens is 598 g/mol. The van der Waals surface area contributed by atoms with Gasteiger partial charge >= 0.3 is 17.8 Å². The zero-order chi connectivity index (χ0) is 28.6. The van der Waals surface area contributed by atoms with E-state index in [2.05, 4.69) is 4.98 Å². The third-order valence-corrected chi connectivity index (χ3v) is 8.79. The molecule has 0 aliphatic carbocycles. The Balaban J connectivity index is 0.00000441. The zero-order valence-electron chi connectivity index (χ0n) is 21.1. The summed E-state index contributed by atoms with van der Waals surface area (Å²) in [5, 5.41) is 8.72. The van der Waals surface area contributed by atoms with Crippen LogP contribution in [0.15, 0.2) is 38.8 Å². The van der Waals surface area contributed by atoms with Gasteiger partial charge in [0.05, 0.1) is 44.8 Å². The van der Waals surface area contributed by atoms with E-state index in [1.54, 1.807) is 11.8 Å². The van der Waals surface area contributed by atoms with Crippen LogP contribution in [0.4, 0.5) is 13.2 Å². The number of H-pyrrole nitrogens is 1. The number of nitrogens with zero attached hydrogens (tertiary/aromatic N) is 2. The predicted molar refractivity (Wildman–Crippen MR) is 146 cm³/mol. The number of carboxylic acids is 1. The first-order valence-electron chi connectivity index (χ1n) is 12.0. The summed E-state index contributed by atoms with van der Waals surface area (Å²) in [6.07, 6.45) is -3.99.